The molecule has 3 rings (SSSR count). The fourth-order valence-corrected chi connectivity index (χ4v) is 3.43. The number of fused-ring (bicyclic) bond motifs is 1. The van der Waals surface area contributed by atoms with E-state index in [0.29, 0.717) is 11.9 Å². The molecule has 0 bridgehead atoms. The molecule has 0 aliphatic carbocycles. The van der Waals surface area contributed by atoms with E-state index in [-0.39, 0.29) is 16.9 Å². The molecule has 0 N–H and O–H groups in total. The van der Waals surface area contributed by atoms with E-state index < -0.39 is 4.92 Å². The van der Waals surface area contributed by atoms with Crippen molar-refractivity contribution in [2.75, 3.05) is 24.5 Å². The Balaban J connectivity index is 1.89. The van der Waals surface area contributed by atoms with Crippen molar-refractivity contribution >= 4 is 23.1 Å². The van der Waals surface area contributed by atoms with Crippen LogP contribution in [0.2, 0.25) is 5.15 Å². The molecule has 2 unspecified atom stereocenters. The molecule has 2 aliphatic rings. The number of rotatable bonds is 2. The van der Waals surface area contributed by atoms with Crippen LogP contribution in [-0.2, 0) is 0 Å². The van der Waals surface area contributed by atoms with E-state index in [1.807, 2.05) is 0 Å². The average Bonchev–Trinajstić information content (AvgIpc) is 2.83. The molecular formula is C13H17ClN4O2. The van der Waals surface area contributed by atoms with Gasteiger partial charge >= 0.3 is 0 Å². The summed E-state index contributed by atoms with van der Waals surface area (Å²) in [5.41, 5.74) is 0.000974. The molecule has 20 heavy (non-hydrogen) atoms. The van der Waals surface area contributed by atoms with Gasteiger partial charge in [0.05, 0.1) is 17.1 Å². The van der Waals surface area contributed by atoms with Gasteiger partial charge in [-0.15, -0.1) is 0 Å². The highest BCUT2D eigenvalue weighted by molar-refractivity contribution is 6.29. The predicted octanol–water partition coefficient (Wildman–Crippen LogP) is 2.32. The van der Waals surface area contributed by atoms with Crippen molar-refractivity contribution in [2.45, 2.75) is 31.8 Å². The summed E-state index contributed by atoms with van der Waals surface area (Å²) in [6, 6.07) is 3.63. The first-order valence-corrected chi connectivity index (χ1v) is 7.25. The summed E-state index contributed by atoms with van der Waals surface area (Å²) < 4.78 is 0. The zero-order valence-corrected chi connectivity index (χ0v) is 12.1. The lowest BCUT2D eigenvalue weighted by Gasteiger charge is -2.42. The Bertz CT molecular complexity index is 539. The smallest absolute Gasteiger partial charge is 0.276 e. The normalized spacial score (nSPS) is 26.6. The average molecular weight is 297 g/mol. The largest absolute Gasteiger partial charge is 0.351 e. The van der Waals surface area contributed by atoms with Crippen LogP contribution in [0.4, 0.5) is 11.5 Å². The second-order valence-electron chi connectivity index (χ2n) is 5.56. The summed E-state index contributed by atoms with van der Waals surface area (Å²) in [5, 5.41) is 11.1. The first kappa shape index (κ1) is 13.6. The lowest BCUT2D eigenvalue weighted by atomic mass is 10.1. The third kappa shape index (κ3) is 2.45. The molecule has 3 heterocycles. The van der Waals surface area contributed by atoms with Crippen molar-refractivity contribution in [3.63, 3.8) is 0 Å². The molecule has 2 atom stereocenters. The third-order valence-corrected chi connectivity index (χ3v) is 4.40. The number of anilines is 1. The van der Waals surface area contributed by atoms with Crippen LogP contribution < -0.4 is 4.90 Å². The van der Waals surface area contributed by atoms with Gasteiger partial charge in [0, 0.05) is 25.2 Å². The minimum Gasteiger partial charge on any atom is -0.351 e. The Morgan fingerprint density at radius 3 is 3.00 bits per heavy atom. The van der Waals surface area contributed by atoms with E-state index in [0.717, 1.165) is 19.6 Å². The quantitative estimate of drug-likeness (QED) is 0.476. The Labute approximate surface area is 122 Å². The summed E-state index contributed by atoms with van der Waals surface area (Å²) >= 11 is 5.92. The van der Waals surface area contributed by atoms with Crippen molar-refractivity contribution in [2.24, 2.45) is 0 Å². The molecule has 2 fully saturated rings. The van der Waals surface area contributed by atoms with Gasteiger partial charge in [-0.3, -0.25) is 15.0 Å². The highest BCUT2D eigenvalue weighted by Gasteiger charge is 2.35. The van der Waals surface area contributed by atoms with Gasteiger partial charge in [-0.2, -0.15) is 0 Å². The Morgan fingerprint density at radius 1 is 1.45 bits per heavy atom. The lowest BCUT2D eigenvalue weighted by Crippen LogP contribution is -2.55. The zero-order chi connectivity index (χ0) is 14.3. The van der Waals surface area contributed by atoms with Crippen LogP contribution in [-0.4, -0.2) is 46.5 Å². The summed E-state index contributed by atoms with van der Waals surface area (Å²) in [6.45, 7) is 5.13. The second-order valence-corrected chi connectivity index (χ2v) is 5.94. The summed E-state index contributed by atoms with van der Waals surface area (Å²) in [6.07, 6.45) is 2.42. The van der Waals surface area contributed by atoms with E-state index in [9.17, 15) is 10.1 Å². The van der Waals surface area contributed by atoms with Crippen LogP contribution in [0, 0.1) is 10.1 Å². The molecule has 1 aromatic rings. The molecule has 0 saturated carbocycles. The molecule has 7 heteroatoms. The Kier molecular flexibility index (Phi) is 3.52. The predicted molar refractivity (Wildman–Crippen MR) is 77.3 cm³/mol. The van der Waals surface area contributed by atoms with Crippen LogP contribution in [0.25, 0.3) is 0 Å². The summed E-state index contributed by atoms with van der Waals surface area (Å²) in [7, 11) is 0. The van der Waals surface area contributed by atoms with Gasteiger partial charge in [-0.25, -0.2) is 4.98 Å². The molecule has 108 valence electrons. The van der Waals surface area contributed by atoms with Crippen molar-refractivity contribution in [1.29, 1.82) is 0 Å². The van der Waals surface area contributed by atoms with Gasteiger partial charge in [-0.1, -0.05) is 11.6 Å². The van der Waals surface area contributed by atoms with Crippen molar-refractivity contribution in [3.8, 4) is 0 Å². The van der Waals surface area contributed by atoms with E-state index in [4.69, 9.17) is 11.6 Å². The maximum absolute atomic E-state index is 10.9. The molecule has 0 aromatic carbocycles. The fourth-order valence-electron chi connectivity index (χ4n) is 3.23. The van der Waals surface area contributed by atoms with Crippen LogP contribution in [0.1, 0.15) is 19.8 Å². The van der Waals surface area contributed by atoms with Gasteiger partial charge in [0.15, 0.2) is 0 Å². The molecule has 6 nitrogen and oxygen atoms in total. The maximum Gasteiger partial charge on any atom is 0.276 e. The molecule has 0 spiro atoms. The van der Waals surface area contributed by atoms with Gasteiger partial charge in [0.1, 0.15) is 11.0 Å². The number of nitrogens with zero attached hydrogens (tertiary/aromatic N) is 4. The third-order valence-electron chi connectivity index (χ3n) is 4.21. The molecule has 2 saturated heterocycles. The monoisotopic (exact) mass is 296 g/mol. The van der Waals surface area contributed by atoms with Gasteiger partial charge in [0.25, 0.3) is 5.69 Å². The first-order chi connectivity index (χ1) is 9.54. The topological polar surface area (TPSA) is 62.5 Å². The van der Waals surface area contributed by atoms with E-state index in [1.54, 1.807) is 0 Å². The standard InChI is InChI=1S/C13H17ClN4O2/c1-9-7-16-4-2-3-10(16)8-17(9)13-6-11(18(19)20)5-12(14)15-13/h5-6,9-10H,2-4,7-8H2,1H3. The number of pyridine rings is 1. The second kappa shape index (κ2) is 5.18. The highest BCUT2D eigenvalue weighted by Crippen LogP contribution is 2.30. The Hall–Kier alpha value is -1.40. The van der Waals surface area contributed by atoms with Crippen molar-refractivity contribution in [3.05, 3.63) is 27.4 Å². The zero-order valence-electron chi connectivity index (χ0n) is 11.3. The summed E-state index contributed by atoms with van der Waals surface area (Å²) in [4.78, 5) is 19.4. The number of aromatic nitrogens is 1. The first-order valence-electron chi connectivity index (χ1n) is 6.87. The number of hydrogen-bond acceptors (Lipinski definition) is 5. The van der Waals surface area contributed by atoms with Crippen molar-refractivity contribution < 1.29 is 4.92 Å². The minimum absolute atomic E-state index is 0.000974. The van der Waals surface area contributed by atoms with Crippen molar-refractivity contribution in [1.82, 2.24) is 9.88 Å². The van der Waals surface area contributed by atoms with E-state index in [2.05, 4.69) is 21.7 Å². The van der Waals surface area contributed by atoms with Crippen LogP contribution in [0.5, 0.6) is 0 Å². The molecule has 0 amide bonds. The summed E-state index contributed by atoms with van der Waals surface area (Å²) in [5.74, 6) is 0.614. The minimum atomic E-state index is -0.423. The number of nitro groups is 1. The fraction of sp³-hybridized carbons (Fsp3) is 0.615. The number of piperazine rings is 1. The van der Waals surface area contributed by atoms with E-state index >= 15 is 0 Å². The van der Waals surface area contributed by atoms with Gasteiger partial charge < -0.3 is 4.90 Å². The van der Waals surface area contributed by atoms with E-state index in [1.165, 1.54) is 25.0 Å². The molecule has 1 aromatic heterocycles. The highest BCUT2D eigenvalue weighted by atomic mass is 35.5. The molecule has 2 aliphatic heterocycles. The van der Waals surface area contributed by atoms with Crippen LogP contribution >= 0.6 is 11.6 Å². The molecular weight excluding hydrogens is 280 g/mol. The molecule has 0 radical (unpaired) electrons. The van der Waals surface area contributed by atoms with Gasteiger partial charge in [0.2, 0.25) is 0 Å². The SMILES string of the molecule is CC1CN2CCCC2CN1c1cc([N+](=O)[O-])cc(Cl)n1. The van der Waals surface area contributed by atoms with Crippen LogP contribution in [0.15, 0.2) is 12.1 Å². The van der Waals surface area contributed by atoms with Crippen LogP contribution in [0.3, 0.4) is 0 Å². The number of halogens is 1. The lowest BCUT2D eigenvalue weighted by molar-refractivity contribution is -0.384. The van der Waals surface area contributed by atoms with Gasteiger partial charge in [-0.05, 0) is 26.3 Å². The maximum atomic E-state index is 10.9. The number of hydrogen-bond donors (Lipinski definition) is 0. The Morgan fingerprint density at radius 2 is 2.25 bits per heavy atom.